The highest BCUT2D eigenvalue weighted by Crippen LogP contribution is 2.24. The Labute approximate surface area is 154 Å². The van der Waals surface area contributed by atoms with Gasteiger partial charge in [-0.3, -0.25) is 4.79 Å². The number of aromatic nitrogens is 2. The van der Waals surface area contributed by atoms with E-state index in [-0.39, 0.29) is 5.91 Å². The van der Waals surface area contributed by atoms with Crippen LogP contribution in [0, 0.1) is 6.92 Å². The largest absolute Gasteiger partial charge is 0.439 e. The van der Waals surface area contributed by atoms with Gasteiger partial charge >= 0.3 is 0 Å². The van der Waals surface area contributed by atoms with E-state index in [0.717, 1.165) is 50.6 Å². The van der Waals surface area contributed by atoms with Gasteiger partial charge in [0.25, 0.3) is 0 Å². The van der Waals surface area contributed by atoms with Crippen molar-refractivity contribution in [3.05, 3.63) is 42.2 Å². The number of rotatable bonds is 6. The Morgan fingerprint density at radius 1 is 1.12 bits per heavy atom. The number of carbonyl (C=O) groups excluding carboxylic acids is 1. The van der Waals surface area contributed by atoms with Gasteiger partial charge in [-0.25, -0.2) is 4.98 Å². The monoisotopic (exact) mass is 354 g/mol. The van der Waals surface area contributed by atoms with E-state index in [2.05, 4.69) is 21.8 Å². The van der Waals surface area contributed by atoms with Crippen LogP contribution in [0.25, 0.3) is 0 Å². The lowest BCUT2D eigenvalue weighted by Crippen LogP contribution is -2.49. The van der Waals surface area contributed by atoms with E-state index in [0.29, 0.717) is 18.1 Å². The molecular formula is C20H26N4O2. The van der Waals surface area contributed by atoms with Gasteiger partial charge in [-0.2, -0.15) is 4.98 Å². The zero-order chi connectivity index (χ0) is 18.4. The first kappa shape index (κ1) is 18.2. The first-order chi connectivity index (χ1) is 12.7. The lowest BCUT2D eigenvalue weighted by atomic mass is 10.2. The number of carbonyl (C=O) groups is 1. The summed E-state index contributed by atoms with van der Waals surface area (Å²) < 4.78 is 5.85. The van der Waals surface area contributed by atoms with Gasteiger partial charge in [0.15, 0.2) is 0 Å². The van der Waals surface area contributed by atoms with Crippen molar-refractivity contribution in [1.29, 1.82) is 0 Å². The smallest absolute Gasteiger partial charge is 0.224 e. The Morgan fingerprint density at radius 3 is 2.54 bits per heavy atom. The summed E-state index contributed by atoms with van der Waals surface area (Å²) in [6.45, 7) is 7.00. The molecule has 0 N–H and O–H groups in total. The van der Waals surface area contributed by atoms with Crippen LogP contribution in [0.15, 0.2) is 36.4 Å². The maximum Gasteiger partial charge on any atom is 0.224 e. The highest BCUT2D eigenvalue weighted by atomic mass is 16.5. The topological polar surface area (TPSA) is 58.6 Å². The molecule has 1 aromatic carbocycles. The Hall–Kier alpha value is -2.63. The van der Waals surface area contributed by atoms with Crippen LogP contribution in [0.3, 0.4) is 0 Å². The van der Waals surface area contributed by atoms with E-state index in [1.54, 1.807) is 0 Å². The van der Waals surface area contributed by atoms with E-state index in [1.165, 1.54) is 0 Å². The van der Waals surface area contributed by atoms with Crippen LogP contribution < -0.4 is 9.64 Å². The average Bonchev–Trinajstić information content (AvgIpc) is 2.66. The average molecular weight is 354 g/mol. The number of unbranched alkanes of at least 4 members (excludes halogenated alkanes) is 1. The van der Waals surface area contributed by atoms with E-state index in [9.17, 15) is 4.79 Å². The Kier molecular flexibility index (Phi) is 6.04. The van der Waals surface area contributed by atoms with Crippen molar-refractivity contribution >= 4 is 11.7 Å². The second-order valence-electron chi connectivity index (χ2n) is 6.50. The van der Waals surface area contributed by atoms with Crippen molar-refractivity contribution in [2.45, 2.75) is 33.1 Å². The van der Waals surface area contributed by atoms with Gasteiger partial charge in [0.05, 0.1) is 0 Å². The first-order valence-corrected chi connectivity index (χ1v) is 9.27. The fourth-order valence-corrected chi connectivity index (χ4v) is 3.02. The third-order valence-corrected chi connectivity index (χ3v) is 4.47. The molecule has 2 heterocycles. The van der Waals surface area contributed by atoms with E-state index in [4.69, 9.17) is 4.74 Å². The fraction of sp³-hybridized carbons (Fsp3) is 0.450. The summed E-state index contributed by atoms with van der Waals surface area (Å²) in [4.78, 5) is 25.3. The number of hydrogen-bond acceptors (Lipinski definition) is 5. The molecule has 0 bridgehead atoms. The van der Waals surface area contributed by atoms with Crippen LogP contribution in [0.4, 0.5) is 5.82 Å². The molecule has 1 saturated heterocycles. The zero-order valence-electron chi connectivity index (χ0n) is 15.5. The van der Waals surface area contributed by atoms with Crippen LogP contribution in [-0.4, -0.2) is 47.0 Å². The summed E-state index contributed by atoms with van der Waals surface area (Å²) >= 11 is 0. The van der Waals surface area contributed by atoms with E-state index < -0.39 is 0 Å². The molecule has 3 rings (SSSR count). The van der Waals surface area contributed by atoms with E-state index >= 15 is 0 Å². The zero-order valence-corrected chi connectivity index (χ0v) is 15.5. The molecule has 0 unspecified atom stereocenters. The van der Waals surface area contributed by atoms with Crippen molar-refractivity contribution in [2.75, 3.05) is 31.1 Å². The standard InChI is InChI=1S/C20H26N4O2/c1-3-4-10-20(25)24-13-11-23(12-14-24)18-15-19(22-16(2)21-18)26-17-8-6-5-7-9-17/h5-9,15H,3-4,10-14H2,1-2H3. The Bertz CT molecular complexity index is 728. The molecule has 6 heteroatoms. The predicted molar refractivity (Wildman–Crippen MR) is 102 cm³/mol. The molecule has 26 heavy (non-hydrogen) atoms. The second-order valence-corrected chi connectivity index (χ2v) is 6.50. The van der Waals surface area contributed by atoms with Gasteiger partial charge in [0, 0.05) is 38.7 Å². The Morgan fingerprint density at radius 2 is 1.85 bits per heavy atom. The molecule has 1 amide bonds. The minimum atomic E-state index is 0.262. The second kappa shape index (κ2) is 8.65. The minimum absolute atomic E-state index is 0.262. The number of amides is 1. The number of ether oxygens (including phenoxy) is 1. The van der Waals surface area contributed by atoms with E-state index in [1.807, 2.05) is 48.2 Å². The molecule has 1 fully saturated rings. The van der Waals surface area contributed by atoms with Crippen molar-refractivity contribution < 1.29 is 9.53 Å². The summed E-state index contributed by atoms with van der Waals surface area (Å²) in [5.41, 5.74) is 0. The van der Waals surface area contributed by atoms with Crippen LogP contribution in [0.5, 0.6) is 11.6 Å². The van der Waals surface area contributed by atoms with Crippen LogP contribution in [-0.2, 0) is 4.79 Å². The quantitative estimate of drug-likeness (QED) is 0.795. The molecule has 0 radical (unpaired) electrons. The summed E-state index contributed by atoms with van der Waals surface area (Å²) in [6, 6.07) is 11.5. The normalized spacial score (nSPS) is 14.4. The number of anilines is 1. The van der Waals surface area contributed by atoms with Gasteiger partial charge in [-0.15, -0.1) is 0 Å². The molecule has 0 spiro atoms. The lowest BCUT2D eigenvalue weighted by Gasteiger charge is -2.35. The third-order valence-electron chi connectivity index (χ3n) is 4.47. The van der Waals surface area contributed by atoms with Crippen LogP contribution in [0.2, 0.25) is 0 Å². The number of nitrogens with zero attached hydrogens (tertiary/aromatic N) is 4. The lowest BCUT2D eigenvalue weighted by molar-refractivity contribution is -0.131. The van der Waals surface area contributed by atoms with Gasteiger partial charge in [0.2, 0.25) is 11.8 Å². The predicted octanol–water partition coefficient (Wildman–Crippen LogP) is 3.42. The highest BCUT2D eigenvalue weighted by Gasteiger charge is 2.22. The van der Waals surface area contributed by atoms with Crippen molar-refractivity contribution in [3.63, 3.8) is 0 Å². The van der Waals surface area contributed by atoms with Gasteiger partial charge < -0.3 is 14.5 Å². The molecule has 0 aliphatic carbocycles. The molecule has 1 aromatic heterocycles. The number of hydrogen-bond donors (Lipinski definition) is 0. The van der Waals surface area contributed by atoms with Crippen molar-refractivity contribution in [1.82, 2.24) is 14.9 Å². The van der Waals surface area contributed by atoms with Crippen LogP contribution in [0.1, 0.15) is 32.0 Å². The number of aryl methyl sites for hydroxylation is 1. The maximum absolute atomic E-state index is 12.2. The van der Waals surface area contributed by atoms with Crippen molar-refractivity contribution in [2.24, 2.45) is 0 Å². The maximum atomic E-state index is 12.2. The molecule has 1 aliphatic heterocycles. The van der Waals surface area contributed by atoms with Crippen LogP contribution >= 0.6 is 0 Å². The van der Waals surface area contributed by atoms with Gasteiger partial charge in [-0.05, 0) is 25.5 Å². The summed E-state index contributed by atoms with van der Waals surface area (Å²) in [5, 5.41) is 0. The molecule has 0 atom stereocenters. The third kappa shape index (κ3) is 4.71. The molecule has 2 aromatic rings. The molecule has 138 valence electrons. The summed E-state index contributed by atoms with van der Waals surface area (Å²) in [7, 11) is 0. The Balaban J connectivity index is 1.64. The molecule has 6 nitrogen and oxygen atoms in total. The van der Waals surface area contributed by atoms with Gasteiger partial charge in [0.1, 0.15) is 17.4 Å². The number of benzene rings is 1. The molecular weight excluding hydrogens is 328 g/mol. The molecule has 1 aliphatic rings. The summed E-state index contributed by atoms with van der Waals surface area (Å²) in [5.74, 6) is 3.08. The minimum Gasteiger partial charge on any atom is -0.439 e. The number of para-hydroxylation sites is 1. The SMILES string of the molecule is CCCCC(=O)N1CCN(c2cc(Oc3ccccc3)nc(C)n2)CC1. The van der Waals surface area contributed by atoms with Crippen molar-refractivity contribution in [3.8, 4) is 11.6 Å². The van der Waals surface area contributed by atoms with Gasteiger partial charge in [-0.1, -0.05) is 31.5 Å². The highest BCUT2D eigenvalue weighted by molar-refractivity contribution is 5.76. The molecule has 0 saturated carbocycles. The first-order valence-electron chi connectivity index (χ1n) is 9.27. The summed E-state index contributed by atoms with van der Waals surface area (Å²) in [6.07, 6.45) is 2.67. The number of piperazine rings is 1. The fourth-order valence-electron chi connectivity index (χ4n) is 3.02.